The van der Waals surface area contributed by atoms with Crippen molar-refractivity contribution in [1.82, 2.24) is 9.88 Å². The molecule has 2 unspecified atom stereocenters. The van der Waals surface area contributed by atoms with E-state index in [1.807, 2.05) is 42.5 Å². The van der Waals surface area contributed by atoms with Crippen LogP contribution in [0.15, 0.2) is 84.9 Å². The third-order valence-electron chi connectivity index (χ3n) is 29.0. The van der Waals surface area contributed by atoms with Crippen LogP contribution in [0, 0.1) is 11.6 Å². The van der Waals surface area contributed by atoms with E-state index in [0.717, 1.165) is 58.4 Å². The molecular weight excluding hydrogens is 1550 g/mol. The molecule has 2 aliphatic rings. The molecule has 3 heterocycles. The maximum atomic E-state index is 14.4. The topological polar surface area (TPSA) is 37.5 Å². The highest BCUT2D eigenvalue weighted by molar-refractivity contribution is 8.44. The number of H-pyrrole nitrogens is 1. The van der Waals surface area contributed by atoms with Crippen molar-refractivity contribution in [3.63, 3.8) is 0 Å². The molecule has 137 heavy (non-hydrogen) atoms. The van der Waals surface area contributed by atoms with E-state index in [1.54, 1.807) is 19.2 Å². The zero-order chi connectivity index (χ0) is 104. The second kappa shape index (κ2) is 57.8. The summed E-state index contributed by atoms with van der Waals surface area (Å²) in [6.45, 7) is 1.29. The van der Waals surface area contributed by atoms with Crippen LogP contribution in [-0.4, -0.2) is 717 Å². The van der Waals surface area contributed by atoms with Gasteiger partial charge in [0.25, 0.3) is 0 Å². The summed E-state index contributed by atoms with van der Waals surface area (Å²) in [6.07, 6.45) is -88.9. The van der Waals surface area contributed by atoms with E-state index in [9.17, 15) is 8.78 Å². The van der Waals surface area contributed by atoms with Crippen molar-refractivity contribution >= 4 is 704 Å². The molecule has 0 bridgehead atoms. The van der Waals surface area contributed by atoms with Crippen LogP contribution in [0.3, 0.4) is 0 Å². The van der Waals surface area contributed by atoms with Gasteiger partial charge in [0.2, 0.25) is 0 Å². The molecule has 7 rings (SSSR count). The van der Waals surface area contributed by atoms with Crippen LogP contribution in [0.25, 0.3) is 10.9 Å². The lowest BCUT2D eigenvalue weighted by molar-refractivity contribution is 0.127. The number of fused-ring (bicyclic) bond motifs is 6. The zero-order valence-electron chi connectivity index (χ0n) is 78.2. The van der Waals surface area contributed by atoms with Crippen LogP contribution in [0.5, 0.6) is 11.5 Å². The number of rotatable bonds is 52. The predicted octanol–water partition coefficient (Wildman–Crippen LogP) is -30.0. The van der Waals surface area contributed by atoms with Crippen LogP contribution >= 0.6 is 0 Å². The highest BCUT2D eigenvalue weighted by atomic mass is 19.1. The van der Waals surface area contributed by atoms with E-state index in [0.29, 0.717) is 12.4 Å². The lowest BCUT2D eigenvalue weighted by atomic mass is 8.18. The van der Waals surface area contributed by atoms with E-state index < -0.39 is 306 Å². The number of hydrogen-bond acceptors (Lipinski definition) is 3. The number of aromatic amines is 1. The predicted molar refractivity (Wildman–Crippen MR) is 711 cm³/mol. The van der Waals surface area contributed by atoms with Gasteiger partial charge in [-0.2, -0.15) is 0 Å². The van der Waals surface area contributed by atoms with E-state index in [-0.39, 0.29) is 23.7 Å². The zero-order valence-corrected chi connectivity index (χ0v) is 78.2. The molecule has 2 aliphatic heterocycles. The molecule has 490 valence electrons. The third kappa shape index (κ3) is 31.5. The van der Waals surface area contributed by atoms with E-state index in [2.05, 4.69) is 22.0 Å². The number of hydrogen-bond donors (Lipinski definition) is 1. The summed E-state index contributed by atoms with van der Waals surface area (Å²) in [4.78, 5) is 6.06. The molecule has 0 amide bonds. The molecule has 5 aromatic rings. The quantitative estimate of drug-likeness (QED) is 0.0394. The molecule has 1 aromatic heterocycles. The van der Waals surface area contributed by atoms with E-state index in [4.69, 9.17) is 396 Å². The number of nitrogens with one attached hydrogen (secondary N) is 1. The first-order chi connectivity index (χ1) is 63.6. The van der Waals surface area contributed by atoms with Crippen LogP contribution in [-0.2, 0) is 19.4 Å². The van der Waals surface area contributed by atoms with Crippen LogP contribution < -0.4 is 9.47 Å². The minimum absolute atomic E-state index is 0.0515. The molecule has 0 saturated heterocycles. The summed E-state index contributed by atoms with van der Waals surface area (Å²) in [5.74, 6) is 0.910. The van der Waals surface area contributed by atoms with Crippen LogP contribution in [0.1, 0.15) is 45.6 Å². The van der Waals surface area contributed by atoms with Gasteiger partial charge in [0.1, 0.15) is 18.2 Å². The fourth-order valence-corrected chi connectivity index (χ4v) is 24.0. The Balaban J connectivity index is 0.000000598. The number of halogens is 2. The van der Waals surface area contributed by atoms with Gasteiger partial charge in [0.05, 0.1) is 13.2 Å². The van der Waals surface area contributed by atoms with E-state index >= 15 is 0 Å². The Morgan fingerprint density at radius 3 is 0.818 bits per heavy atom. The molecule has 104 heteroatoms. The van der Waals surface area contributed by atoms with Crippen molar-refractivity contribution in [3.8, 4) is 11.5 Å². The summed E-state index contributed by atoms with van der Waals surface area (Å²) < 4.78 is 40.3. The average molecular weight is 1580 g/mol. The first-order valence-electron chi connectivity index (χ1n) is 45.6. The molecule has 0 spiro atoms. The standard InChI is InChI=1S/C33H28F2N2O2.B98/c1-38-30-18-25-22(15-31(30)39-19-20-5-3-2-4-6-20)13-14-37-29(25)17-27-26-16-24(35)11-12-28(26)36-32(27)33(37)21-7-9-23(34)10-8-21;1-51(2)76(52(3)4)88(75(49)50)94(87(73(45)46)74(47)48)97(93(85(69(37)38)70(39)40)86(71(41)42)72(43)44)98(95(89(77(53(5)6)54(7)8)78(55(9)10)56(11)12)90(79(57(13)14)58(15)16)80(59(17)18)60(19)20)96(91(81(61(21)22)62(23)24)82(63(25)26)64(27)28)92(83(65(29)30)66(31)32)84(67(33)34)68(35)36/h2-12,15-16,18,29,33,36H,13-14,17,19H2,1H3;. The summed E-state index contributed by atoms with van der Waals surface area (Å²) in [7, 11) is 356. The number of benzene rings is 4. The summed E-state index contributed by atoms with van der Waals surface area (Å²) in [6, 6.07) is 25.9. The highest BCUT2D eigenvalue weighted by Gasteiger charge is 2.69. The van der Waals surface area contributed by atoms with Gasteiger partial charge in [-0.25, -0.2) is 8.78 Å². The summed E-state index contributed by atoms with van der Waals surface area (Å²) in [5.41, 5.74) is 7.59. The van der Waals surface area contributed by atoms with Gasteiger partial charge in [-0.05, 0) is 83.1 Å². The van der Waals surface area contributed by atoms with Gasteiger partial charge >= 0.3 is 0 Å². The largest absolute Gasteiger partial charge is 0.493 e. The molecule has 4 aromatic carbocycles. The first-order valence-corrected chi connectivity index (χ1v) is 45.6. The Bertz CT molecular complexity index is 3960. The lowest BCUT2D eigenvalue weighted by Crippen LogP contribution is -3.01. The number of ether oxygens (including phenoxy) is 2. The van der Waals surface area contributed by atoms with Gasteiger partial charge in [-0.1, -0.05) is 42.5 Å². The molecule has 0 fully saturated rings. The fourth-order valence-electron chi connectivity index (χ4n) is 24.0. The average Bonchev–Trinajstić information content (AvgIpc) is 1.06. The molecule has 1 N–H and O–H groups in total. The second-order valence-corrected chi connectivity index (χ2v) is 38.1. The Labute approximate surface area is 910 Å². The Morgan fingerprint density at radius 1 is 0.292 bits per heavy atom. The van der Waals surface area contributed by atoms with Crippen LogP contribution in [0.2, 0.25) is 0 Å². The smallest absolute Gasteiger partial charge is 0.161 e. The van der Waals surface area contributed by atoms with Crippen molar-refractivity contribution in [1.29, 1.82) is 0 Å². The highest BCUT2D eigenvalue weighted by Crippen LogP contribution is 2.50. The summed E-state index contributed by atoms with van der Waals surface area (Å²) in [5, 5.41) is 0.902. The van der Waals surface area contributed by atoms with Crippen molar-refractivity contribution in [3.05, 3.63) is 130 Å². The molecule has 0 aliphatic carbocycles. The first kappa shape index (κ1) is 128. The number of methoxy groups -OCH3 is 1. The van der Waals surface area contributed by atoms with E-state index in [1.165, 1.54) is 29.3 Å². The van der Waals surface area contributed by atoms with Crippen molar-refractivity contribution in [2.75, 3.05) is 13.7 Å². The minimum Gasteiger partial charge on any atom is -0.493 e. The Kier molecular flexibility index (Phi) is 53.9. The molecule has 100 radical (unpaired) electrons. The second-order valence-electron chi connectivity index (χ2n) is 38.1. The van der Waals surface area contributed by atoms with Gasteiger partial charge in [0, 0.05) is 723 Å². The normalized spacial score (nSPS) is 12.3. The third-order valence-corrected chi connectivity index (χ3v) is 29.0. The lowest BCUT2D eigenvalue weighted by Gasteiger charge is -2.63. The number of aromatic nitrogens is 1. The monoisotopic (exact) mass is 1600 g/mol. The fraction of sp³-hybridized carbons (Fsp3) is 0.212. The number of nitrogens with zero attached hydrogens (tertiary/aromatic N) is 1. The Morgan fingerprint density at radius 2 is 0.547 bits per heavy atom. The van der Waals surface area contributed by atoms with Gasteiger partial charge < -0.3 is 14.5 Å². The van der Waals surface area contributed by atoms with Crippen molar-refractivity contribution in [2.45, 2.75) is 31.5 Å². The van der Waals surface area contributed by atoms with Gasteiger partial charge in [-0.15, -0.1) is 0 Å². The SMILES string of the molecule is COc1cc2c(cc1OCc1ccccc1)CCN1C2Cc2c([nH]c3ccc(F)cc23)C1c1ccc(F)cc1.[B]B([B])B(B([B])[B])B(B([B])[B])B(B(B([B])[B])B([B])[B])B(B(B(B([B])[B])B([B])[B])B(B([B])[B])B([B])[B])B(B(B(B(B([B])[B])B([B])[B])B(B([B])[B])B([B])[B])B(B(B([B])[B])B([B])[B])B(B([B])[B])B([B])[B])B(B(B(B([B])[B])B([B])[B])B(B([B])[B])B([B])[B])B(B(B([B])[B])B([B])[B])B(B([B])[B])B([B])[B]. The van der Waals surface area contributed by atoms with Crippen molar-refractivity contribution in [2.24, 2.45) is 0 Å². The molecule has 4 nitrogen and oxygen atoms in total. The minimum atomic E-state index is -2.29. The van der Waals surface area contributed by atoms with Crippen molar-refractivity contribution < 1.29 is 18.3 Å². The van der Waals surface area contributed by atoms with Gasteiger partial charge in [-0.3, -0.25) is 4.90 Å². The molecular formula is C33H28B98F2N2O2. The van der Waals surface area contributed by atoms with Crippen LogP contribution in [0.4, 0.5) is 8.78 Å². The summed E-state index contributed by atoms with van der Waals surface area (Å²) >= 11 is 0. The Hall–Kier alpha value is 2.20. The molecule has 0 saturated carbocycles. The molecule has 2 atom stereocenters. The van der Waals surface area contributed by atoms with Gasteiger partial charge in [0.15, 0.2) is 11.5 Å². The maximum Gasteiger partial charge on any atom is 0.161 e. The maximum absolute atomic E-state index is 14.4.